The van der Waals surface area contributed by atoms with Crippen molar-refractivity contribution in [3.63, 3.8) is 0 Å². The third-order valence-electron chi connectivity index (χ3n) is 14.0. The molecule has 0 fully saturated rings. The first-order valence-corrected chi connectivity index (χ1v) is 31.7. The molecule has 0 N–H and O–H groups in total. The second kappa shape index (κ2) is 48.5. The Morgan fingerprint density at radius 3 is 0.705 bits per heavy atom. The van der Waals surface area contributed by atoms with Gasteiger partial charge in [-0.3, -0.25) is 0 Å². The Hall–Kier alpha value is 0.554. The van der Waals surface area contributed by atoms with Crippen LogP contribution in [0, 0.1) is 5.92 Å². The van der Waals surface area contributed by atoms with E-state index in [-0.39, 0.29) is 0 Å². The molecule has 0 aromatic rings. The third-order valence-corrected chi connectivity index (χ3v) is 20.8. The van der Waals surface area contributed by atoms with E-state index in [1.54, 1.807) is 0 Å². The van der Waals surface area contributed by atoms with Gasteiger partial charge in [0.1, 0.15) is 0 Å². The summed E-state index contributed by atoms with van der Waals surface area (Å²) in [7, 11) is 0. The summed E-state index contributed by atoms with van der Waals surface area (Å²) in [5.41, 5.74) is 0. The zero-order chi connectivity index (χ0) is 44.8. The van der Waals surface area contributed by atoms with Gasteiger partial charge < -0.3 is 0 Å². The summed E-state index contributed by atoms with van der Waals surface area (Å²) in [6.07, 6.45) is 55.1. The molecule has 0 rings (SSSR count). The van der Waals surface area contributed by atoms with E-state index in [4.69, 9.17) is 3.32 Å². The summed E-state index contributed by atoms with van der Waals surface area (Å²) in [6.45, 7) is 27.7. The van der Waals surface area contributed by atoms with Crippen LogP contribution in [0.3, 0.4) is 0 Å². The Morgan fingerprint density at radius 2 is 0.492 bits per heavy atom. The summed E-state index contributed by atoms with van der Waals surface area (Å²) < 4.78 is 18.0. The second-order valence-corrected chi connectivity index (χ2v) is 25.1. The van der Waals surface area contributed by atoms with Crippen molar-refractivity contribution >= 4 is 0 Å². The van der Waals surface area contributed by atoms with E-state index >= 15 is 0 Å². The van der Waals surface area contributed by atoms with Crippen LogP contribution < -0.4 is 0 Å². The molecule has 0 saturated carbocycles. The first-order chi connectivity index (χ1) is 30.1. The fourth-order valence-electron chi connectivity index (χ4n) is 9.71. The van der Waals surface area contributed by atoms with Gasteiger partial charge in [0, 0.05) is 0 Å². The molecular weight excluding hydrogens is 779 g/mol. The third kappa shape index (κ3) is 33.6. The van der Waals surface area contributed by atoms with Crippen molar-refractivity contribution in [2.45, 2.75) is 312 Å². The monoisotopic (exact) mass is 898 g/mol. The molecule has 0 radical (unpaired) electrons. The molecule has 5 heteroatoms. The number of rotatable bonds is 52. The SMILES string of the molecule is CCCCCCCC[N](CCCCCCCC)[Ti]([O]CC(CC)CCCC)([N](CCCCCCCC)CCCCCCCC)[N](CCCCCCCC)CCCCCCCC. The van der Waals surface area contributed by atoms with E-state index in [1.165, 1.54) is 296 Å². The van der Waals surface area contributed by atoms with Crippen molar-refractivity contribution in [3.05, 3.63) is 0 Å². The minimum atomic E-state index is -3.56. The fraction of sp³-hybridized carbons (Fsp3) is 1.00. The van der Waals surface area contributed by atoms with Crippen molar-refractivity contribution in [2.75, 3.05) is 45.9 Å². The van der Waals surface area contributed by atoms with Gasteiger partial charge in [0.05, 0.1) is 0 Å². The molecule has 0 amide bonds. The topological polar surface area (TPSA) is 19.0 Å². The zero-order valence-corrected chi connectivity index (χ0v) is 45.6. The van der Waals surface area contributed by atoms with Gasteiger partial charge in [-0.2, -0.15) is 0 Å². The summed E-state index contributed by atoms with van der Waals surface area (Å²) >= 11 is -3.56. The molecule has 0 spiro atoms. The summed E-state index contributed by atoms with van der Waals surface area (Å²) in [4.78, 5) is 0. The van der Waals surface area contributed by atoms with E-state index in [0.29, 0.717) is 5.92 Å². The molecule has 0 aliphatic heterocycles. The predicted octanol–water partition coefficient (Wildman–Crippen LogP) is 19.1. The van der Waals surface area contributed by atoms with Crippen molar-refractivity contribution in [3.8, 4) is 0 Å². The quantitative estimate of drug-likeness (QED) is 0.0447. The molecule has 1 atom stereocenters. The van der Waals surface area contributed by atoms with Crippen molar-refractivity contribution in [1.82, 2.24) is 10.1 Å². The Bertz CT molecular complexity index is 691. The molecule has 1 unspecified atom stereocenters. The van der Waals surface area contributed by atoms with E-state index in [2.05, 4.69) is 65.5 Å². The average Bonchev–Trinajstić information content (AvgIpc) is 3.27. The van der Waals surface area contributed by atoms with Crippen molar-refractivity contribution < 1.29 is 21.1 Å². The molecule has 0 aromatic heterocycles. The van der Waals surface area contributed by atoms with Gasteiger partial charge in [0.2, 0.25) is 0 Å². The Balaban J connectivity index is 7.50. The van der Waals surface area contributed by atoms with Crippen LogP contribution in [0.2, 0.25) is 0 Å². The van der Waals surface area contributed by atoms with Gasteiger partial charge in [0.15, 0.2) is 0 Å². The van der Waals surface area contributed by atoms with Gasteiger partial charge in [-0.05, 0) is 0 Å². The number of nitrogens with zero attached hydrogens (tertiary/aromatic N) is 3. The molecule has 0 aliphatic carbocycles. The van der Waals surface area contributed by atoms with E-state index in [1.807, 2.05) is 0 Å². The molecule has 0 bridgehead atoms. The maximum atomic E-state index is 8.31. The van der Waals surface area contributed by atoms with Gasteiger partial charge >= 0.3 is 395 Å². The van der Waals surface area contributed by atoms with Crippen LogP contribution in [-0.2, 0) is 21.1 Å². The molecule has 0 aromatic carbocycles. The first kappa shape index (κ1) is 61.6. The average molecular weight is 898 g/mol. The molecule has 0 aliphatic rings. The van der Waals surface area contributed by atoms with Crippen LogP contribution in [0.1, 0.15) is 312 Å². The van der Waals surface area contributed by atoms with Crippen LogP contribution in [0.15, 0.2) is 0 Å². The van der Waals surface area contributed by atoms with Gasteiger partial charge in [-0.1, -0.05) is 0 Å². The standard InChI is InChI=1S/3C16H34N.C8H17O.Ti/c3*1-3-5-7-9-11-13-15-17-16-14-12-10-8-6-4-2;1-3-5-6-8(4-2)7-9;/h3*3-16H2,1-2H3;8H,3-7H2,1-2H3;/q4*-1;+4. The molecule has 4 nitrogen and oxygen atoms in total. The Labute approximate surface area is 393 Å². The van der Waals surface area contributed by atoms with E-state index < -0.39 is 17.7 Å². The maximum absolute atomic E-state index is 8.31. The molecule has 61 heavy (non-hydrogen) atoms. The van der Waals surface area contributed by atoms with Crippen molar-refractivity contribution in [2.24, 2.45) is 5.92 Å². The number of unbranched alkanes of at least 4 members (excludes halogenated alkanes) is 31. The van der Waals surface area contributed by atoms with Crippen molar-refractivity contribution in [1.29, 1.82) is 0 Å². The second-order valence-electron chi connectivity index (χ2n) is 19.9. The first-order valence-electron chi connectivity index (χ1n) is 28.9. The summed E-state index contributed by atoms with van der Waals surface area (Å²) in [5.74, 6) is 0.685. The number of hydrogen-bond acceptors (Lipinski definition) is 4. The Morgan fingerprint density at radius 1 is 0.279 bits per heavy atom. The predicted molar refractivity (Wildman–Crippen MR) is 274 cm³/mol. The van der Waals surface area contributed by atoms with E-state index in [9.17, 15) is 0 Å². The van der Waals surface area contributed by atoms with Crippen LogP contribution in [-0.4, -0.2) is 56.0 Å². The minimum absolute atomic E-state index is 0.685. The van der Waals surface area contributed by atoms with Crippen LogP contribution in [0.25, 0.3) is 0 Å². The fourth-order valence-corrected chi connectivity index (χ4v) is 17.4. The van der Waals surface area contributed by atoms with Gasteiger partial charge in [0.25, 0.3) is 0 Å². The van der Waals surface area contributed by atoms with Crippen LogP contribution >= 0.6 is 0 Å². The van der Waals surface area contributed by atoms with E-state index in [0.717, 1.165) is 6.61 Å². The number of hydrogen-bond donors (Lipinski definition) is 0. The van der Waals surface area contributed by atoms with Gasteiger partial charge in [-0.15, -0.1) is 0 Å². The zero-order valence-electron chi connectivity index (χ0n) is 44.1. The molecule has 0 heterocycles. The molecule has 0 saturated heterocycles. The molecular formula is C56H119N3OTi. The Kier molecular flexibility index (Phi) is 48.9. The summed E-state index contributed by atoms with van der Waals surface area (Å²) in [5, 5.41) is 0. The van der Waals surface area contributed by atoms with Crippen LogP contribution in [0.4, 0.5) is 0 Å². The summed E-state index contributed by atoms with van der Waals surface area (Å²) in [6, 6.07) is 0. The normalized spacial score (nSPS) is 12.8. The molecule has 368 valence electrons. The van der Waals surface area contributed by atoms with Crippen LogP contribution in [0.5, 0.6) is 0 Å². The van der Waals surface area contributed by atoms with Gasteiger partial charge in [-0.25, -0.2) is 0 Å².